The molecule has 0 aliphatic carbocycles. The summed E-state index contributed by atoms with van der Waals surface area (Å²) in [7, 11) is -1.82. The number of methoxy groups -OCH3 is 1. The Labute approximate surface area is 141 Å². The molecule has 1 aromatic carbocycles. The molecule has 0 unspecified atom stereocenters. The van der Waals surface area contributed by atoms with Crippen molar-refractivity contribution in [1.29, 1.82) is 0 Å². The van der Waals surface area contributed by atoms with E-state index in [1.54, 1.807) is 7.11 Å². The van der Waals surface area contributed by atoms with Gasteiger partial charge in [-0.1, -0.05) is 49.8 Å². The van der Waals surface area contributed by atoms with Crippen molar-refractivity contribution in [2.75, 3.05) is 7.11 Å². The van der Waals surface area contributed by atoms with Gasteiger partial charge >= 0.3 is 7.12 Å². The first kappa shape index (κ1) is 17.6. The molecule has 22 heavy (non-hydrogen) atoms. The number of benzene rings is 1. The molecule has 0 bridgehead atoms. The lowest BCUT2D eigenvalue weighted by Gasteiger charge is -2.38. The lowest BCUT2D eigenvalue weighted by molar-refractivity contribution is 0.418. The zero-order chi connectivity index (χ0) is 16.9. The quantitative estimate of drug-likeness (QED) is 0.801. The van der Waals surface area contributed by atoms with Gasteiger partial charge in [0.2, 0.25) is 0 Å². The van der Waals surface area contributed by atoms with Crippen LogP contribution in [0, 0.1) is 0 Å². The van der Waals surface area contributed by atoms with Crippen LogP contribution in [0.25, 0.3) is 10.9 Å². The molecule has 120 valence electrons. The molecule has 0 fully saturated rings. The summed E-state index contributed by atoms with van der Waals surface area (Å²) >= 11 is 3.53. The molecule has 0 spiro atoms. The van der Waals surface area contributed by atoms with Gasteiger partial charge in [0.1, 0.15) is 5.75 Å². The van der Waals surface area contributed by atoms with Crippen LogP contribution in [0.1, 0.15) is 20.8 Å². The number of hydrogen-bond donors (Lipinski definition) is 2. The van der Waals surface area contributed by atoms with Crippen molar-refractivity contribution in [3.8, 4) is 5.75 Å². The highest BCUT2D eigenvalue weighted by molar-refractivity contribution is 9.10. The standard InChI is InChI=1S/C15H23BBrNO3Si/c1-15(2,3)22(5,6)18-9-10(16(19)20)13-11(17)7-8-12(21-4)14(13)18/h7-9,19-20H,1-6H3. The summed E-state index contributed by atoms with van der Waals surface area (Å²) in [6.07, 6.45) is 1.88. The maximum atomic E-state index is 9.79. The molecule has 0 saturated heterocycles. The average Bonchev–Trinajstić information content (AvgIpc) is 2.80. The molecule has 0 aliphatic heterocycles. The highest BCUT2D eigenvalue weighted by Gasteiger charge is 2.40. The first-order valence-corrected chi connectivity index (χ1v) is 11.0. The Morgan fingerprint density at radius 3 is 2.27 bits per heavy atom. The number of fused-ring (bicyclic) bond motifs is 1. The molecule has 0 radical (unpaired) electrons. The van der Waals surface area contributed by atoms with Crippen LogP contribution >= 0.6 is 15.9 Å². The molecular weight excluding hydrogens is 361 g/mol. The van der Waals surface area contributed by atoms with Gasteiger partial charge in [0, 0.05) is 15.3 Å². The fourth-order valence-electron chi connectivity index (χ4n) is 2.49. The van der Waals surface area contributed by atoms with Gasteiger partial charge in [-0.3, -0.25) is 0 Å². The molecule has 2 rings (SSSR count). The van der Waals surface area contributed by atoms with Gasteiger partial charge in [-0.15, -0.1) is 0 Å². The normalized spacial score (nSPS) is 12.8. The topological polar surface area (TPSA) is 54.6 Å². The van der Waals surface area contributed by atoms with E-state index in [0.717, 1.165) is 21.1 Å². The number of hydrogen-bond acceptors (Lipinski definition) is 3. The second kappa shape index (κ2) is 5.71. The van der Waals surface area contributed by atoms with Crippen molar-refractivity contribution in [3.63, 3.8) is 0 Å². The van der Waals surface area contributed by atoms with E-state index in [9.17, 15) is 10.0 Å². The van der Waals surface area contributed by atoms with E-state index in [2.05, 4.69) is 54.0 Å². The van der Waals surface area contributed by atoms with Crippen LogP contribution in [0.3, 0.4) is 0 Å². The summed E-state index contributed by atoms with van der Waals surface area (Å²) in [5.41, 5.74) is 1.43. The molecule has 1 aromatic heterocycles. The maximum absolute atomic E-state index is 9.79. The number of nitrogens with zero attached hydrogens (tertiary/aromatic N) is 1. The van der Waals surface area contributed by atoms with E-state index in [4.69, 9.17) is 4.74 Å². The third-order valence-electron chi connectivity index (χ3n) is 4.82. The van der Waals surface area contributed by atoms with Gasteiger partial charge in [0.15, 0.2) is 8.24 Å². The van der Waals surface area contributed by atoms with Crippen LogP contribution in [-0.4, -0.2) is 36.7 Å². The van der Waals surface area contributed by atoms with Gasteiger partial charge in [-0.25, -0.2) is 0 Å². The van der Waals surface area contributed by atoms with E-state index in [1.165, 1.54) is 0 Å². The summed E-state index contributed by atoms with van der Waals surface area (Å²) < 4.78 is 8.60. The predicted octanol–water partition coefficient (Wildman–Crippen LogP) is 2.95. The lowest BCUT2D eigenvalue weighted by Crippen LogP contribution is -2.45. The van der Waals surface area contributed by atoms with Crippen LogP contribution < -0.4 is 10.2 Å². The van der Waals surface area contributed by atoms with Gasteiger partial charge in [-0.2, -0.15) is 0 Å². The number of aromatic nitrogens is 1. The van der Waals surface area contributed by atoms with Crippen molar-refractivity contribution in [1.82, 2.24) is 4.23 Å². The Hall–Kier alpha value is -0.758. The van der Waals surface area contributed by atoms with E-state index in [1.807, 2.05) is 18.3 Å². The number of ether oxygens (including phenoxy) is 1. The minimum absolute atomic E-state index is 0.101. The van der Waals surface area contributed by atoms with E-state index >= 15 is 0 Å². The average molecular weight is 384 g/mol. The molecule has 1 heterocycles. The third-order valence-corrected chi connectivity index (χ3v) is 10.7. The third kappa shape index (κ3) is 2.64. The lowest BCUT2D eigenvalue weighted by atomic mass is 9.80. The molecular formula is C15H23BBrNO3Si. The van der Waals surface area contributed by atoms with Crippen molar-refractivity contribution < 1.29 is 14.8 Å². The molecule has 2 aromatic rings. The summed E-state index contributed by atoms with van der Waals surface area (Å²) in [4.78, 5) is 0. The molecule has 4 nitrogen and oxygen atoms in total. The Bertz CT molecular complexity index is 707. The van der Waals surface area contributed by atoms with Gasteiger partial charge in [0.05, 0.1) is 12.6 Å². The summed E-state index contributed by atoms with van der Waals surface area (Å²) in [5.74, 6) is 0.745. The summed E-state index contributed by atoms with van der Waals surface area (Å²) in [5, 5.41) is 20.5. The van der Waals surface area contributed by atoms with E-state index < -0.39 is 15.4 Å². The van der Waals surface area contributed by atoms with Gasteiger partial charge in [-0.05, 0) is 23.4 Å². The van der Waals surface area contributed by atoms with E-state index in [0.29, 0.717) is 5.46 Å². The van der Waals surface area contributed by atoms with Gasteiger partial charge in [0.25, 0.3) is 0 Å². The SMILES string of the molecule is COc1ccc(Br)c2c(B(O)O)cn([Si](C)(C)C(C)(C)C)c12. The van der Waals surface area contributed by atoms with Crippen LogP contribution in [0.4, 0.5) is 0 Å². The van der Waals surface area contributed by atoms with Crippen molar-refractivity contribution >= 4 is 47.6 Å². The smallest absolute Gasteiger partial charge is 0.490 e. The fraction of sp³-hybridized carbons (Fsp3) is 0.467. The second-order valence-corrected chi connectivity index (χ2v) is 13.1. The van der Waals surface area contributed by atoms with Crippen LogP contribution in [-0.2, 0) is 0 Å². The summed E-state index contributed by atoms with van der Waals surface area (Å²) in [6, 6.07) is 3.78. The minimum Gasteiger partial charge on any atom is -0.495 e. The fourth-order valence-corrected chi connectivity index (χ4v) is 5.01. The Morgan fingerprint density at radius 1 is 1.23 bits per heavy atom. The Balaban J connectivity index is 2.95. The Kier molecular flexibility index (Phi) is 4.56. The van der Waals surface area contributed by atoms with Crippen molar-refractivity contribution in [2.45, 2.75) is 38.9 Å². The van der Waals surface area contributed by atoms with E-state index in [-0.39, 0.29) is 5.04 Å². The molecule has 0 saturated carbocycles. The van der Waals surface area contributed by atoms with Crippen LogP contribution in [0.2, 0.25) is 18.1 Å². The predicted molar refractivity (Wildman–Crippen MR) is 98.6 cm³/mol. The number of halogens is 1. The molecule has 0 amide bonds. The summed E-state index contributed by atoms with van der Waals surface area (Å²) in [6.45, 7) is 11.2. The molecule has 2 N–H and O–H groups in total. The van der Waals surface area contributed by atoms with Crippen molar-refractivity contribution in [2.24, 2.45) is 0 Å². The maximum Gasteiger partial charge on any atom is 0.490 e. The largest absolute Gasteiger partial charge is 0.495 e. The molecule has 7 heteroatoms. The minimum atomic E-state index is -1.95. The van der Waals surface area contributed by atoms with Gasteiger partial charge < -0.3 is 19.0 Å². The van der Waals surface area contributed by atoms with Crippen LogP contribution in [0.15, 0.2) is 22.8 Å². The zero-order valence-electron chi connectivity index (χ0n) is 13.9. The second-order valence-electron chi connectivity index (χ2n) is 7.11. The highest BCUT2D eigenvalue weighted by atomic mass is 79.9. The Morgan fingerprint density at radius 2 is 1.82 bits per heavy atom. The molecule has 0 aliphatic rings. The monoisotopic (exact) mass is 383 g/mol. The van der Waals surface area contributed by atoms with Crippen LogP contribution in [0.5, 0.6) is 5.75 Å². The highest BCUT2D eigenvalue weighted by Crippen LogP contribution is 2.41. The zero-order valence-corrected chi connectivity index (χ0v) is 16.5. The first-order chi connectivity index (χ1) is 10.0. The molecule has 0 atom stereocenters. The van der Waals surface area contributed by atoms with Crippen molar-refractivity contribution in [3.05, 3.63) is 22.8 Å². The first-order valence-electron chi connectivity index (χ1n) is 7.26. The number of rotatable bonds is 3.